The Kier molecular flexibility index (Phi) is 3.35. The maximum absolute atomic E-state index is 11.0. The van der Waals surface area contributed by atoms with Crippen molar-refractivity contribution in [2.75, 3.05) is 10.7 Å². The molecule has 2 aromatic heterocycles. The van der Waals surface area contributed by atoms with Crippen molar-refractivity contribution in [3.8, 4) is 0 Å². The Morgan fingerprint density at radius 2 is 2.41 bits per heavy atom. The van der Waals surface area contributed by atoms with Crippen LogP contribution in [0.25, 0.3) is 0 Å². The molecule has 8 heteroatoms. The molecule has 0 unspecified atom stereocenters. The summed E-state index contributed by atoms with van der Waals surface area (Å²) in [5, 5.41) is 4.88. The van der Waals surface area contributed by atoms with Crippen LogP contribution in [0.4, 0.5) is 11.8 Å². The van der Waals surface area contributed by atoms with E-state index in [0.717, 1.165) is 22.6 Å². The Bertz CT molecular complexity index is 563. The molecule has 0 radical (unpaired) electrons. The normalized spacial score (nSPS) is 10.2. The number of nitrogen functional groups attached to an aromatic ring is 1. The van der Waals surface area contributed by atoms with Gasteiger partial charge in [0.25, 0.3) is 0 Å². The number of hydrogen-bond donors (Lipinski definition) is 4. The molecule has 5 N–H and O–H groups in total. The van der Waals surface area contributed by atoms with Crippen LogP contribution in [0, 0.1) is 6.92 Å². The van der Waals surface area contributed by atoms with Crippen LogP contribution < -0.4 is 21.5 Å². The summed E-state index contributed by atoms with van der Waals surface area (Å²) in [6.45, 7) is 2.39. The van der Waals surface area contributed by atoms with Crippen LogP contribution in [0.15, 0.2) is 16.4 Å². The first-order chi connectivity index (χ1) is 8.19. The van der Waals surface area contributed by atoms with E-state index in [0.29, 0.717) is 18.3 Å². The van der Waals surface area contributed by atoms with Gasteiger partial charge in [0.15, 0.2) is 0 Å². The van der Waals surface area contributed by atoms with Gasteiger partial charge in [0.05, 0.1) is 6.54 Å². The number of rotatable bonds is 4. The summed E-state index contributed by atoms with van der Waals surface area (Å²) in [7, 11) is 0. The second-order valence-corrected chi connectivity index (χ2v) is 4.24. The maximum Gasteiger partial charge on any atom is 0.304 e. The fraction of sp³-hybridized carbons (Fsp3) is 0.222. The van der Waals surface area contributed by atoms with E-state index >= 15 is 0 Å². The van der Waals surface area contributed by atoms with Gasteiger partial charge in [0.2, 0.25) is 5.95 Å². The van der Waals surface area contributed by atoms with Crippen LogP contribution in [-0.4, -0.2) is 15.0 Å². The Morgan fingerprint density at radius 3 is 3.06 bits per heavy atom. The minimum atomic E-state index is -0.0643. The number of aromatic amines is 1. The highest BCUT2D eigenvalue weighted by atomic mass is 32.1. The monoisotopic (exact) mass is 252 g/mol. The summed E-state index contributed by atoms with van der Waals surface area (Å²) < 4.78 is 0. The molecule has 0 aromatic carbocycles. The van der Waals surface area contributed by atoms with Crippen molar-refractivity contribution in [1.29, 1.82) is 0 Å². The third-order valence-corrected chi connectivity index (χ3v) is 2.84. The van der Waals surface area contributed by atoms with E-state index < -0.39 is 0 Å². The number of nitrogens with two attached hydrogens (primary N) is 1. The van der Waals surface area contributed by atoms with Crippen LogP contribution >= 0.6 is 11.3 Å². The van der Waals surface area contributed by atoms with E-state index in [1.54, 1.807) is 11.6 Å². The van der Waals surface area contributed by atoms with Gasteiger partial charge in [0.1, 0.15) is 5.82 Å². The highest BCUT2D eigenvalue weighted by Crippen LogP contribution is 2.12. The quantitative estimate of drug-likeness (QED) is 0.464. The van der Waals surface area contributed by atoms with Gasteiger partial charge in [-0.3, -0.25) is 10.2 Å². The largest absolute Gasteiger partial charge is 0.364 e. The van der Waals surface area contributed by atoms with E-state index in [-0.39, 0.29) is 4.87 Å². The third kappa shape index (κ3) is 2.80. The van der Waals surface area contributed by atoms with Crippen LogP contribution in [0.3, 0.4) is 0 Å². The standard InChI is InChI=1S/C9H12N6OS/c1-5-2-12-8(15-10)14-7(5)11-3-6-4-17-9(16)13-6/h2,4H,3,10H2,1H3,(H,13,16)(H2,11,12,14,15). The van der Waals surface area contributed by atoms with Crippen LogP contribution in [0.5, 0.6) is 0 Å². The SMILES string of the molecule is Cc1cnc(NN)nc1NCc1csc(=O)[nH]1. The molecule has 0 spiro atoms. The van der Waals surface area contributed by atoms with Gasteiger partial charge in [-0.1, -0.05) is 11.3 Å². The number of hydrogen-bond acceptors (Lipinski definition) is 7. The molecule has 2 heterocycles. The van der Waals surface area contributed by atoms with Crippen molar-refractivity contribution in [2.45, 2.75) is 13.5 Å². The zero-order valence-electron chi connectivity index (χ0n) is 9.15. The molecule has 0 aliphatic rings. The van der Waals surface area contributed by atoms with Crippen LogP contribution in [-0.2, 0) is 6.54 Å². The van der Waals surface area contributed by atoms with Gasteiger partial charge in [-0.15, -0.1) is 0 Å². The van der Waals surface area contributed by atoms with Gasteiger partial charge in [0, 0.05) is 22.8 Å². The molecule has 0 bridgehead atoms. The number of H-pyrrole nitrogens is 1. The predicted octanol–water partition coefficient (Wildman–Crippen LogP) is 0.433. The van der Waals surface area contributed by atoms with Crippen LogP contribution in [0.2, 0.25) is 0 Å². The first-order valence-corrected chi connectivity index (χ1v) is 5.78. The summed E-state index contributed by atoms with van der Waals surface area (Å²) in [5.74, 6) is 6.26. The molecule has 17 heavy (non-hydrogen) atoms. The molecule has 0 fully saturated rings. The average molecular weight is 252 g/mol. The van der Waals surface area contributed by atoms with Gasteiger partial charge < -0.3 is 10.3 Å². The zero-order chi connectivity index (χ0) is 12.3. The number of nitrogens with zero attached hydrogens (tertiary/aromatic N) is 2. The lowest BCUT2D eigenvalue weighted by atomic mass is 10.3. The molecule has 2 rings (SSSR count). The Balaban J connectivity index is 2.10. The van der Waals surface area contributed by atoms with Gasteiger partial charge in [-0.25, -0.2) is 10.8 Å². The lowest BCUT2D eigenvalue weighted by Crippen LogP contribution is -2.13. The third-order valence-electron chi connectivity index (χ3n) is 2.12. The molecular weight excluding hydrogens is 240 g/mol. The zero-order valence-corrected chi connectivity index (χ0v) is 9.97. The van der Waals surface area contributed by atoms with Gasteiger partial charge in [-0.05, 0) is 6.92 Å². The first kappa shape index (κ1) is 11.6. The Morgan fingerprint density at radius 1 is 1.59 bits per heavy atom. The molecule has 0 atom stereocenters. The predicted molar refractivity (Wildman–Crippen MR) is 66.8 cm³/mol. The minimum Gasteiger partial charge on any atom is -0.364 e. The molecular formula is C9H12N6OS. The molecule has 0 saturated heterocycles. The maximum atomic E-state index is 11.0. The minimum absolute atomic E-state index is 0.0643. The fourth-order valence-corrected chi connectivity index (χ4v) is 1.85. The van der Waals surface area contributed by atoms with E-state index in [9.17, 15) is 4.79 Å². The van der Waals surface area contributed by atoms with Crippen molar-refractivity contribution < 1.29 is 0 Å². The topological polar surface area (TPSA) is 109 Å². The lowest BCUT2D eigenvalue weighted by Gasteiger charge is -2.08. The first-order valence-electron chi connectivity index (χ1n) is 4.90. The molecule has 0 aliphatic carbocycles. The number of hydrazine groups is 1. The Labute approximate surface area is 101 Å². The number of anilines is 2. The van der Waals surface area contributed by atoms with Gasteiger partial charge >= 0.3 is 4.87 Å². The number of nitrogens with one attached hydrogen (secondary N) is 3. The summed E-state index contributed by atoms with van der Waals surface area (Å²) in [6.07, 6.45) is 1.67. The van der Waals surface area contributed by atoms with Crippen molar-refractivity contribution in [1.82, 2.24) is 15.0 Å². The smallest absolute Gasteiger partial charge is 0.304 e. The number of thiazole rings is 1. The summed E-state index contributed by atoms with van der Waals surface area (Å²) in [5.41, 5.74) is 4.10. The fourth-order valence-electron chi connectivity index (χ4n) is 1.27. The lowest BCUT2D eigenvalue weighted by molar-refractivity contribution is 1.01. The van der Waals surface area contributed by atoms with Crippen molar-refractivity contribution in [3.63, 3.8) is 0 Å². The number of aromatic nitrogens is 3. The highest BCUT2D eigenvalue weighted by molar-refractivity contribution is 7.07. The second kappa shape index (κ2) is 4.93. The summed E-state index contributed by atoms with van der Waals surface area (Å²) in [6, 6.07) is 0. The van der Waals surface area contributed by atoms with Crippen molar-refractivity contribution in [2.24, 2.45) is 5.84 Å². The molecule has 0 amide bonds. The second-order valence-electron chi connectivity index (χ2n) is 3.40. The van der Waals surface area contributed by atoms with Crippen LogP contribution in [0.1, 0.15) is 11.3 Å². The molecule has 7 nitrogen and oxygen atoms in total. The van der Waals surface area contributed by atoms with E-state index in [1.807, 2.05) is 6.92 Å². The number of aryl methyl sites for hydroxylation is 1. The van der Waals surface area contributed by atoms with E-state index in [2.05, 4.69) is 25.7 Å². The van der Waals surface area contributed by atoms with Crippen molar-refractivity contribution in [3.05, 3.63) is 32.5 Å². The Hall–Kier alpha value is -1.93. The van der Waals surface area contributed by atoms with E-state index in [1.165, 1.54) is 0 Å². The molecule has 0 saturated carbocycles. The molecule has 90 valence electrons. The van der Waals surface area contributed by atoms with E-state index in [4.69, 9.17) is 5.84 Å². The van der Waals surface area contributed by atoms with Crippen molar-refractivity contribution >= 4 is 23.1 Å². The summed E-state index contributed by atoms with van der Waals surface area (Å²) >= 11 is 1.14. The summed E-state index contributed by atoms with van der Waals surface area (Å²) in [4.78, 5) is 21.7. The van der Waals surface area contributed by atoms with Gasteiger partial charge in [-0.2, -0.15) is 4.98 Å². The average Bonchev–Trinajstić information content (AvgIpc) is 2.74. The molecule has 2 aromatic rings. The highest BCUT2D eigenvalue weighted by Gasteiger charge is 2.03. The molecule has 0 aliphatic heterocycles.